The van der Waals surface area contributed by atoms with Crippen LogP contribution >= 0.6 is 15.9 Å². The summed E-state index contributed by atoms with van der Waals surface area (Å²) in [4.78, 5) is 0. The Kier molecular flexibility index (Phi) is 3.50. The molecule has 0 aliphatic rings. The molecule has 1 rings (SSSR count). The maximum absolute atomic E-state index is 9.52. The smallest absolute Gasteiger partial charge is 0.0824 e. The van der Waals surface area contributed by atoms with Crippen molar-refractivity contribution in [2.24, 2.45) is 0 Å². The Bertz CT molecular complexity index is 253. The molecule has 0 fully saturated rings. The fourth-order valence-electron chi connectivity index (χ4n) is 0.979. The number of halogens is 1. The van der Waals surface area contributed by atoms with E-state index in [1.54, 1.807) is 6.08 Å². The molecular weight excluding hydrogens is 216 g/mol. The summed E-state index contributed by atoms with van der Waals surface area (Å²) in [7, 11) is 0. The summed E-state index contributed by atoms with van der Waals surface area (Å²) in [6.07, 6.45) is 1.89. The summed E-state index contributed by atoms with van der Waals surface area (Å²) in [5.41, 5.74) is 0.929. The number of aliphatic hydroxyl groups is 1. The molecule has 0 aromatic heterocycles. The van der Waals surface area contributed by atoms with Gasteiger partial charge in [-0.25, -0.2) is 0 Å². The van der Waals surface area contributed by atoms with Gasteiger partial charge in [0.05, 0.1) is 6.10 Å². The lowest BCUT2D eigenvalue weighted by Crippen LogP contribution is -1.94. The molecule has 0 amide bonds. The molecule has 0 heterocycles. The van der Waals surface area contributed by atoms with Crippen molar-refractivity contribution in [3.05, 3.63) is 47.0 Å². The lowest BCUT2D eigenvalue weighted by molar-refractivity contribution is 0.181. The topological polar surface area (TPSA) is 20.2 Å². The normalized spacial score (nSPS) is 12.5. The summed E-state index contributed by atoms with van der Waals surface area (Å²) in [5, 5.41) is 9.52. The molecule has 1 unspecified atom stereocenters. The Hall–Kier alpha value is -0.600. The molecular formula is C10H11BrO. The molecule has 1 aromatic rings. The van der Waals surface area contributed by atoms with E-state index in [1.807, 2.05) is 24.3 Å². The standard InChI is InChI=1S/C10H11BrO/c1-2-3-10(12)8-4-6-9(11)7-5-8/h2,4-7,10,12H,1,3H2. The summed E-state index contributed by atoms with van der Waals surface area (Å²) in [6, 6.07) is 7.64. The molecule has 0 saturated carbocycles. The Labute approximate surface area is 80.9 Å². The van der Waals surface area contributed by atoms with Crippen LogP contribution in [0.15, 0.2) is 41.4 Å². The molecule has 0 radical (unpaired) electrons. The molecule has 0 saturated heterocycles. The first-order chi connectivity index (χ1) is 5.74. The van der Waals surface area contributed by atoms with Crippen molar-refractivity contribution in [1.29, 1.82) is 0 Å². The molecule has 12 heavy (non-hydrogen) atoms. The van der Waals surface area contributed by atoms with Gasteiger partial charge in [-0.05, 0) is 24.1 Å². The minimum atomic E-state index is -0.421. The highest BCUT2D eigenvalue weighted by Gasteiger charge is 2.03. The van der Waals surface area contributed by atoms with Gasteiger partial charge in [-0.1, -0.05) is 34.1 Å². The Balaban J connectivity index is 2.74. The van der Waals surface area contributed by atoms with Crippen LogP contribution in [0.4, 0.5) is 0 Å². The molecule has 0 aliphatic carbocycles. The van der Waals surface area contributed by atoms with E-state index in [9.17, 15) is 5.11 Å². The van der Waals surface area contributed by atoms with Crippen LogP contribution in [0.3, 0.4) is 0 Å². The minimum Gasteiger partial charge on any atom is -0.388 e. The molecule has 0 spiro atoms. The molecule has 2 heteroatoms. The fraction of sp³-hybridized carbons (Fsp3) is 0.200. The average molecular weight is 227 g/mol. The zero-order valence-electron chi connectivity index (χ0n) is 6.70. The third kappa shape index (κ3) is 2.47. The highest BCUT2D eigenvalue weighted by Crippen LogP contribution is 2.19. The first-order valence-electron chi connectivity index (χ1n) is 3.78. The Morgan fingerprint density at radius 2 is 2.00 bits per heavy atom. The van der Waals surface area contributed by atoms with E-state index in [0.717, 1.165) is 10.0 Å². The molecule has 64 valence electrons. The van der Waals surface area contributed by atoms with Gasteiger partial charge in [0.2, 0.25) is 0 Å². The van der Waals surface area contributed by atoms with E-state index in [4.69, 9.17) is 0 Å². The van der Waals surface area contributed by atoms with Crippen LogP contribution in [0, 0.1) is 0 Å². The summed E-state index contributed by atoms with van der Waals surface area (Å²) >= 11 is 3.33. The molecule has 1 aromatic carbocycles. The zero-order chi connectivity index (χ0) is 8.97. The van der Waals surface area contributed by atoms with Gasteiger partial charge in [0.25, 0.3) is 0 Å². The van der Waals surface area contributed by atoms with Crippen molar-refractivity contribution in [3.8, 4) is 0 Å². The largest absolute Gasteiger partial charge is 0.388 e. The predicted octanol–water partition coefficient (Wildman–Crippen LogP) is 3.06. The van der Waals surface area contributed by atoms with Gasteiger partial charge in [0.1, 0.15) is 0 Å². The molecule has 0 aliphatic heterocycles. The van der Waals surface area contributed by atoms with E-state index >= 15 is 0 Å². The van der Waals surface area contributed by atoms with E-state index in [1.165, 1.54) is 0 Å². The molecule has 1 N–H and O–H groups in total. The van der Waals surface area contributed by atoms with E-state index in [2.05, 4.69) is 22.5 Å². The minimum absolute atomic E-state index is 0.421. The molecule has 1 atom stereocenters. The summed E-state index contributed by atoms with van der Waals surface area (Å²) in [6.45, 7) is 3.57. The van der Waals surface area contributed by atoms with Crippen LogP contribution in [0.25, 0.3) is 0 Å². The lowest BCUT2D eigenvalue weighted by atomic mass is 10.1. The van der Waals surface area contributed by atoms with E-state index in [-0.39, 0.29) is 0 Å². The molecule has 1 nitrogen and oxygen atoms in total. The fourth-order valence-corrected chi connectivity index (χ4v) is 1.24. The summed E-state index contributed by atoms with van der Waals surface area (Å²) in [5.74, 6) is 0. The van der Waals surface area contributed by atoms with Crippen LogP contribution in [0.2, 0.25) is 0 Å². The van der Waals surface area contributed by atoms with Crippen molar-refractivity contribution in [1.82, 2.24) is 0 Å². The van der Waals surface area contributed by atoms with Gasteiger partial charge in [-0.2, -0.15) is 0 Å². The third-order valence-electron chi connectivity index (χ3n) is 1.64. The number of benzene rings is 1. The van der Waals surface area contributed by atoms with Crippen molar-refractivity contribution in [2.75, 3.05) is 0 Å². The first kappa shape index (κ1) is 9.49. The Morgan fingerprint density at radius 3 is 2.50 bits per heavy atom. The van der Waals surface area contributed by atoms with E-state index < -0.39 is 6.10 Å². The second-order valence-corrected chi connectivity index (χ2v) is 3.51. The van der Waals surface area contributed by atoms with Crippen LogP contribution in [0.5, 0.6) is 0 Å². The third-order valence-corrected chi connectivity index (χ3v) is 2.17. The van der Waals surface area contributed by atoms with E-state index in [0.29, 0.717) is 6.42 Å². The van der Waals surface area contributed by atoms with Crippen molar-refractivity contribution in [2.45, 2.75) is 12.5 Å². The number of rotatable bonds is 3. The van der Waals surface area contributed by atoms with Gasteiger partial charge < -0.3 is 5.11 Å². The highest BCUT2D eigenvalue weighted by molar-refractivity contribution is 9.10. The van der Waals surface area contributed by atoms with Gasteiger partial charge in [-0.3, -0.25) is 0 Å². The number of hydrogen-bond donors (Lipinski definition) is 1. The second-order valence-electron chi connectivity index (χ2n) is 2.59. The van der Waals surface area contributed by atoms with Crippen molar-refractivity contribution >= 4 is 15.9 Å². The summed E-state index contributed by atoms with van der Waals surface area (Å²) < 4.78 is 1.03. The highest BCUT2D eigenvalue weighted by atomic mass is 79.9. The number of hydrogen-bond acceptors (Lipinski definition) is 1. The monoisotopic (exact) mass is 226 g/mol. The molecule has 0 bridgehead atoms. The predicted molar refractivity (Wildman–Crippen MR) is 53.9 cm³/mol. The second kappa shape index (κ2) is 4.43. The van der Waals surface area contributed by atoms with Gasteiger partial charge in [0.15, 0.2) is 0 Å². The zero-order valence-corrected chi connectivity index (χ0v) is 8.29. The Morgan fingerprint density at radius 1 is 1.42 bits per heavy atom. The quantitative estimate of drug-likeness (QED) is 0.786. The average Bonchev–Trinajstić information content (AvgIpc) is 2.06. The maximum atomic E-state index is 9.52. The maximum Gasteiger partial charge on any atom is 0.0824 e. The van der Waals surface area contributed by atoms with Crippen molar-refractivity contribution in [3.63, 3.8) is 0 Å². The van der Waals surface area contributed by atoms with Gasteiger partial charge >= 0.3 is 0 Å². The first-order valence-corrected chi connectivity index (χ1v) is 4.57. The van der Waals surface area contributed by atoms with Crippen LogP contribution in [0.1, 0.15) is 18.1 Å². The van der Waals surface area contributed by atoms with Crippen LogP contribution < -0.4 is 0 Å². The van der Waals surface area contributed by atoms with Crippen LogP contribution in [-0.4, -0.2) is 5.11 Å². The van der Waals surface area contributed by atoms with Crippen LogP contribution in [-0.2, 0) is 0 Å². The van der Waals surface area contributed by atoms with Crippen molar-refractivity contribution < 1.29 is 5.11 Å². The van der Waals surface area contributed by atoms with Gasteiger partial charge in [0, 0.05) is 4.47 Å². The van der Waals surface area contributed by atoms with Gasteiger partial charge in [-0.15, -0.1) is 6.58 Å². The lowest BCUT2D eigenvalue weighted by Gasteiger charge is -2.07. The SMILES string of the molecule is C=CCC(O)c1ccc(Br)cc1. The number of aliphatic hydroxyl groups excluding tert-OH is 1.